The minimum absolute atomic E-state index is 0.00844. The van der Waals surface area contributed by atoms with E-state index in [4.69, 9.17) is 0 Å². The van der Waals surface area contributed by atoms with E-state index in [0.717, 1.165) is 47.7 Å². The highest BCUT2D eigenvalue weighted by atomic mass is 16.2. The van der Waals surface area contributed by atoms with Crippen molar-refractivity contribution in [2.24, 2.45) is 0 Å². The second-order valence-corrected chi connectivity index (χ2v) is 8.15. The molecule has 0 radical (unpaired) electrons. The van der Waals surface area contributed by atoms with E-state index in [1.807, 2.05) is 48.7 Å². The molecule has 1 saturated heterocycles. The van der Waals surface area contributed by atoms with Crippen LogP contribution in [0.4, 0.5) is 4.79 Å². The van der Waals surface area contributed by atoms with Gasteiger partial charge in [-0.05, 0) is 30.5 Å². The number of nitrogens with one attached hydrogen (secondary N) is 1. The molecule has 1 aromatic heterocycles. The molecule has 1 aliphatic heterocycles. The van der Waals surface area contributed by atoms with Crippen molar-refractivity contribution >= 4 is 34.8 Å². The van der Waals surface area contributed by atoms with E-state index in [1.54, 1.807) is 6.08 Å². The molecule has 0 unspecified atom stereocenters. The molecule has 31 heavy (non-hydrogen) atoms. The molecule has 3 aromatic rings. The van der Waals surface area contributed by atoms with Crippen molar-refractivity contribution in [3.63, 3.8) is 0 Å². The number of barbiturate groups is 1. The minimum atomic E-state index is -0.635. The molecule has 6 nitrogen and oxygen atoms in total. The van der Waals surface area contributed by atoms with Crippen molar-refractivity contribution in [2.75, 3.05) is 0 Å². The third kappa shape index (κ3) is 3.54. The number of rotatable bonds is 4. The molecule has 1 saturated carbocycles. The molecule has 1 aliphatic carbocycles. The lowest BCUT2D eigenvalue weighted by molar-refractivity contribution is -0.131. The van der Waals surface area contributed by atoms with Crippen molar-refractivity contribution in [3.8, 4) is 0 Å². The fourth-order valence-electron chi connectivity index (χ4n) is 4.62. The highest BCUT2D eigenvalue weighted by molar-refractivity contribution is 6.31. The van der Waals surface area contributed by atoms with Crippen molar-refractivity contribution in [1.82, 2.24) is 14.8 Å². The number of aromatic nitrogens is 1. The van der Waals surface area contributed by atoms with Crippen LogP contribution >= 0.6 is 0 Å². The average molecular weight is 413 g/mol. The minimum Gasteiger partial charge on any atom is -0.342 e. The molecule has 6 heteroatoms. The van der Waals surface area contributed by atoms with Gasteiger partial charge in [0.15, 0.2) is 0 Å². The zero-order valence-electron chi connectivity index (χ0n) is 17.1. The summed E-state index contributed by atoms with van der Waals surface area (Å²) in [6, 6.07) is 17.3. The van der Waals surface area contributed by atoms with E-state index in [-0.39, 0.29) is 11.6 Å². The van der Waals surface area contributed by atoms with E-state index < -0.39 is 17.8 Å². The van der Waals surface area contributed by atoms with E-state index in [0.29, 0.717) is 6.54 Å². The maximum absolute atomic E-state index is 13.1. The van der Waals surface area contributed by atoms with Gasteiger partial charge in [0.25, 0.3) is 11.8 Å². The van der Waals surface area contributed by atoms with Gasteiger partial charge in [0.1, 0.15) is 5.57 Å². The lowest BCUT2D eigenvalue weighted by Crippen LogP contribution is -2.57. The molecule has 1 N–H and O–H groups in total. The predicted molar refractivity (Wildman–Crippen MR) is 118 cm³/mol. The molecule has 0 spiro atoms. The first-order chi connectivity index (χ1) is 15.1. The molecule has 2 aliphatic rings. The van der Waals surface area contributed by atoms with Crippen LogP contribution in [-0.4, -0.2) is 33.4 Å². The maximum atomic E-state index is 13.1. The number of fused-ring (bicyclic) bond motifs is 1. The van der Waals surface area contributed by atoms with E-state index in [2.05, 4.69) is 22.0 Å². The number of amides is 4. The van der Waals surface area contributed by atoms with Gasteiger partial charge in [-0.25, -0.2) is 4.79 Å². The first kappa shape index (κ1) is 19.3. The Bertz CT molecular complexity index is 1200. The zero-order valence-corrected chi connectivity index (χ0v) is 17.1. The lowest BCUT2D eigenvalue weighted by atomic mass is 10.0. The van der Waals surface area contributed by atoms with Gasteiger partial charge in [-0.2, -0.15) is 0 Å². The van der Waals surface area contributed by atoms with Crippen LogP contribution in [0.15, 0.2) is 66.4 Å². The number of urea groups is 1. The Labute approximate surface area is 180 Å². The number of carbonyl (C=O) groups excluding carboxylic acids is 3. The fraction of sp³-hybridized carbons (Fsp3) is 0.240. The van der Waals surface area contributed by atoms with Crippen molar-refractivity contribution in [2.45, 2.75) is 38.3 Å². The van der Waals surface area contributed by atoms with E-state index in [9.17, 15) is 14.4 Å². The largest absolute Gasteiger partial charge is 0.342 e. The van der Waals surface area contributed by atoms with Crippen LogP contribution in [-0.2, 0) is 16.1 Å². The van der Waals surface area contributed by atoms with Crippen LogP contribution in [0.5, 0.6) is 0 Å². The number of hydrogen-bond acceptors (Lipinski definition) is 3. The van der Waals surface area contributed by atoms with Gasteiger partial charge < -0.3 is 4.57 Å². The number of nitrogens with zero attached hydrogens (tertiary/aromatic N) is 2. The van der Waals surface area contributed by atoms with Crippen LogP contribution in [0.1, 0.15) is 36.8 Å². The fourth-order valence-corrected chi connectivity index (χ4v) is 4.62. The van der Waals surface area contributed by atoms with Gasteiger partial charge in [0, 0.05) is 35.2 Å². The molecule has 2 fully saturated rings. The Morgan fingerprint density at radius 1 is 0.935 bits per heavy atom. The molecule has 0 atom stereocenters. The van der Waals surface area contributed by atoms with E-state index >= 15 is 0 Å². The molecule has 0 bridgehead atoms. The molecular weight excluding hydrogens is 390 g/mol. The third-order valence-corrected chi connectivity index (χ3v) is 6.14. The number of para-hydroxylation sites is 1. The van der Waals surface area contributed by atoms with Gasteiger partial charge >= 0.3 is 6.03 Å². The van der Waals surface area contributed by atoms with Gasteiger partial charge in [0.05, 0.1) is 0 Å². The summed E-state index contributed by atoms with van der Waals surface area (Å²) >= 11 is 0. The first-order valence-electron chi connectivity index (χ1n) is 10.6. The van der Waals surface area contributed by atoms with Gasteiger partial charge in [-0.15, -0.1) is 0 Å². The zero-order chi connectivity index (χ0) is 21.4. The summed E-state index contributed by atoms with van der Waals surface area (Å²) in [6.45, 7) is 0.678. The first-order valence-corrected chi connectivity index (χ1v) is 10.6. The summed E-state index contributed by atoms with van der Waals surface area (Å²) < 4.78 is 2.11. The van der Waals surface area contributed by atoms with Crippen LogP contribution in [0, 0.1) is 0 Å². The van der Waals surface area contributed by atoms with Crippen LogP contribution in [0.2, 0.25) is 0 Å². The predicted octanol–water partition coefficient (Wildman–Crippen LogP) is 4.09. The number of hydrogen-bond donors (Lipinski definition) is 1. The Hall–Kier alpha value is -3.67. The molecule has 2 heterocycles. The topological polar surface area (TPSA) is 71.4 Å². The number of carbonyl (C=O) groups is 3. The SMILES string of the molecule is O=C1NC(=O)N(C2CCCC2)C(=O)/C1=C\c1cn(Cc2ccccc2)c2ccccc12. The Kier molecular flexibility index (Phi) is 4.90. The smallest absolute Gasteiger partial charge is 0.331 e. The Morgan fingerprint density at radius 2 is 1.65 bits per heavy atom. The number of imide groups is 2. The molecule has 2 aromatic carbocycles. The highest BCUT2D eigenvalue weighted by Gasteiger charge is 2.40. The van der Waals surface area contributed by atoms with Crippen LogP contribution < -0.4 is 5.32 Å². The summed E-state index contributed by atoms with van der Waals surface area (Å²) in [5.41, 5.74) is 2.97. The standard InChI is InChI=1S/C25H23N3O3/c29-23-21(24(30)28(25(31)26-23)19-10-4-5-11-19)14-18-16-27(15-17-8-2-1-3-9-17)22-13-7-6-12-20(18)22/h1-3,6-9,12-14,16,19H,4-5,10-11,15H2,(H,26,29,31)/b21-14-. The molecule has 156 valence electrons. The number of benzene rings is 2. The Balaban J connectivity index is 1.55. The normalized spacial score (nSPS) is 18.9. The Morgan fingerprint density at radius 3 is 2.42 bits per heavy atom. The van der Waals surface area contributed by atoms with E-state index in [1.165, 1.54) is 4.90 Å². The van der Waals surface area contributed by atoms with Gasteiger partial charge in [-0.1, -0.05) is 61.4 Å². The second-order valence-electron chi connectivity index (χ2n) is 8.15. The average Bonchev–Trinajstić information content (AvgIpc) is 3.41. The molecule has 4 amide bonds. The van der Waals surface area contributed by atoms with Crippen molar-refractivity contribution in [1.29, 1.82) is 0 Å². The molecular formula is C25H23N3O3. The van der Waals surface area contributed by atoms with Crippen LogP contribution in [0.25, 0.3) is 17.0 Å². The summed E-state index contributed by atoms with van der Waals surface area (Å²) in [7, 11) is 0. The maximum Gasteiger partial charge on any atom is 0.331 e. The highest BCUT2D eigenvalue weighted by Crippen LogP contribution is 2.29. The van der Waals surface area contributed by atoms with Gasteiger partial charge in [0.2, 0.25) is 0 Å². The summed E-state index contributed by atoms with van der Waals surface area (Å²) in [5.74, 6) is -1.13. The van der Waals surface area contributed by atoms with Crippen molar-refractivity contribution in [3.05, 3.63) is 77.5 Å². The third-order valence-electron chi connectivity index (χ3n) is 6.14. The monoisotopic (exact) mass is 413 g/mol. The van der Waals surface area contributed by atoms with Crippen molar-refractivity contribution < 1.29 is 14.4 Å². The summed E-state index contributed by atoms with van der Waals surface area (Å²) in [6.07, 6.45) is 7.13. The van der Waals surface area contributed by atoms with Crippen LogP contribution in [0.3, 0.4) is 0 Å². The molecule has 5 rings (SSSR count). The summed E-state index contributed by atoms with van der Waals surface area (Å²) in [5, 5.41) is 3.31. The lowest BCUT2D eigenvalue weighted by Gasteiger charge is -2.31. The van der Waals surface area contributed by atoms with Gasteiger partial charge in [-0.3, -0.25) is 19.8 Å². The quantitative estimate of drug-likeness (QED) is 0.517. The second kappa shape index (κ2) is 7.87. The summed E-state index contributed by atoms with van der Waals surface area (Å²) in [4.78, 5) is 39.3.